The van der Waals surface area contributed by atoms with E-state index in [1.54, 1.807) is 11.3 Å². The van der Waals surface area contributed by atoms with Gasteiger partial charge in [-0.3, -0.25) is 4.79 Å². The fourth-order valence-corrected chi connectivity index (χ4v) is 4.03. The number of rotatable bonds is 6. The molecule has 2 aliphatic heterocycles. The standard InChI is InChI=1S/C16H24N2O2S/c1-17(2)7-8-18(11-13-4-3-9-21-13)16(19)14-10-12-5-6-15(14)20-12/h3-4,9,12,14-15H,5-8,10-11H2,1-2H3. The number of ether oxygens (including phenoxy) is 1. The first-order valence-electron chi connectivity index (χ1n) is 7.75. The second-order valence-electron chi connectivity index (χ2n) is 6.36. The van der Waals surface area contributed by atoms with Gasteiger partial charge in [0, 0.05) is 18.0 Å². The molecule has 2 aliphatic rings. The Bertz CT molecular complexity index is 475. The highest BCUT2D eigenvalue weighted by Crippen LogP contribution is 2.39. The zero-order valence-electron chi connectivity index (χ0n) is 12.8. The van der Waals surface area contributed by atoms with E-state index in [0.29, 0.717) is 6.10 Å². The minimum Gasteiger partial charge on any atom is -0.374 e. The quantitative estimate of drug-likeness (QED) is 0.808. The summed E-state index contributed by atoms with van der Waals surface area (Å²) in [5, 5.41) is 2.07. The molecule has 2 fully saturated rings. The van der Waals surface area contributed by atoms with Crippen LogP contribution in [-0.4, -0.2) is 55.1 Å². The van der Waals surface area contributed by atoms with Crippen LogP contribution >= 0.6 is 11.3 Å². The van der Waals surface area contributed by atoms with Gasteiger partial charge in [-0.05, 0) is 44.8 Å². The third kappa shape index (κ3) is 3.47. The normalized spacial score (nSPS) is 27.5. The molecule has 1 aromatic rings. The molecule has 0 radical (unpaired) electrons. The van der Waals surface area contributed by atoms with E-state index in [9.17, 15) is 4.79 Å². The van der Waals surface area contributed by atoms with E-state index in [1.807, 2.05) is 4.90 Å². The summed E-state index contributed by atoms with van der Waals surface area (Å²) in [6.45, 7) is 2.43. The number of hydrogen-bond acceptors (Lipinski definition) is 4. The highest BCUT2D eigenvalue weighted by Gasteiger charge is 2.45. The molecule has 3 heterocycles. The van der Waals surface area contributed by atoms with Crippen molar-refractivity contribution in [3.63, 3.8) is 0 Å². The molecule has 1 amide bonds. The Balaban J connectivity index is 1.66. The summed E-state index contributed by atoms with van der Waals surface area (Å²) in [5.74, 6) is 0.378. The van der Waals surface area contributed by atoms with Gasteiger partial charge in [0.25, 0.3) is 0 Å². The molecule has 3 unspecified atom stereocenters. The number of amides is 1. The second kappa shape index (κ2) is 6.46. The van der Waals surface area contributed by atoms with Crippen LogP contribution in [0.5, 0.6) is 0 Å². The maximum absolute atomic E-state index is 12.9. The number of carbonyl (C=O) groups is 1. The van der Waals surface area contributed by atoms with Gasteiger partial charge in [-0.1, -0.05) is 6.07 Å². The molecule has 2 bridgehead atoms. The van der Waals surface area contributed by atoms with E-state index in [2.05, 4.69) is 36.5 Å². The lowest BCUT2D eigenvalue weighted by Gasteiger charge is -2.29. The summed E-state index contributed by atoms with van der Waals surface area (Å²) in [6, 6.07) is 4.16. The SMILES string of the molecule is CN(C)CCN(Cc1cccs1)C(=O)C1CC2CCC1O2. The largest absolute Gasteiger partial charge is 0.374 e. The lowest BCUT2D eigenvalue weighted by molar-refractivity contribution is -0.138. The topological polar surface area (TPSA) is 32.8 Å². The van der Waals surface area contributed by atoms with Crippen LogP contribution in [0.25, 0.3) is 0 Å². The van der Waals surface area contributed by atoms with Gasteiger partial charge in [0.1, 0.15) is 0 Å². The minimum atomic E-state index is 0.0888. The van der Waals surface area contributed by atoms with Gasteiger partial charge in [-0.2, -0.15) is 0 Å². The smallest absolute Gasteiger partial charge is 0.228 e. The molecule has 21 heavy (non-hydrogen) atoms. The second-order valence-corrected chi connectivity index (χ2v) is 7.39. The molecule has 116 valence electrons. The summed E-state index contributed by atoms with van der Waals surface area (Å²) in [4.78, 5) is 18.3. The van der Waals surface area contributed by atoms with Gasteiger partial charge in [0.05, 0.1) is 24.7 Å². The van der Waals surface area contributed by atoms with Gasteiger partial charge < -0.3 is 14.5 Å². The van der Waals surface area contributed by atoms with Gasteiger partial charge in [-0.15, -0.1) is 11.3 Å². The minimum absolute atomic E-state index is 0.0888. The molecule has 0 spiro atoms. The van der Waals surface area contributed by atoms with Gasteiger partial charge in [0.2, 0.25) is 5.91 Å². The van der Waals surface area contributed by atoms with Crippen molar-refractivity contribution >= 4 is 17.2 Å². The molecule has 0 N–H and O–H groups in total. The predicted molar refractivity (Wildman–Crippen MR) is 84.3 cm³/mol. The zero-order valence-corrected chi connectivity index (χ0v) is 13.6. The van der Waals surface area contributed by atoms with Crippen molar-refractivity contribution < 1.29 is 9.53 Å². The molecule has 5 heteroatoms. The Hall–Kier alpha value is -0.910. The Morgan fingerprint density at radius 1 is 1.38 bits per heavy atom. The number of hydrogen-bond donors (Lipinski definition) is 0. The van der Waals surface area contributed by atoms with Crippen LogP contribution in [0.4, 0.5) is 0 Å². The van der Waals surface area contributed by atoms with Crippen LogP contribution < -0.4 is 0 Å². The van der Waals surface area contributed by atoms with Crippen LogP contribution in [0.3, 0.4) is 0 Å². The van der Waals surface area contributed by atoms with Crippen molar-refractivity contribution in [3.05, 3.63) is 22.4 Å². The molecule has 0 saturated carbocycles. The summed E-state index contributed by atoms with van der Waals surface area (Å²) < 4.78 is 5.86. The third-order valence-electron chi connectivity index (χ3n) is 4.48. The third-order valence-corrected chi connectivity index (χ3v) is 5.34. The molecular formula is C16H24N2O2S. The summed E-state index contributed by atoms with van der Waals surface area (Å²) in [5.41, 5.74) is 0. The predicted octanol–water partition coefficient (Wildman–Crippen LogP) is 2.21. The van der Waals surface area contributed by atoms with Crippen molar-refractivity contribution in [2.24, 2.45) is 5.92 Å². The average Bonchev–Trinajstić information content (AvgIpc) is 3.19. The van der Waals surface area contributed by atoms with Crippen molar-refractivity contribution in [3.8, 4) is 0 Å². The highest BCUT2D eigenvalue weighted by atomic mass is 32.1. The molecule has 3 rings (SSSR count). The van der Waals surface area contributed by atoms with E-state index in [1.165, 1.54) is 4.88 Å². The van der Waals surface area contributed by atoms with Crippen LogP contribution in [-0.2, 0) is 16.1 Å². The zero-order chi connectivity index (χ0) is 14.8. The molecule has 4 nitrogen and oxygen atoms in total. The Morgan fingerprint density at radius 3 is 2.81 bits per heavy atom. The van der Waals surface area contributed by atoms with E-state index in [0.717, 1.165) is 38.9 Å². The van der Waals surface area contributed by atoms with Crippen molar-refractivity contribution in [2.45, 2.75) is 38.0 Å². The number of thiophene rings is 1. The van der Waals surface area contributed by atoms with Crippen molar-refractivity contribution in [2.75, 3.05) is 27.2 Å². The fourth-order valence-electron chi connectivity index (χ4n) is 3.31. The van der Waals surface area contributed by atoms with Crippen LogP contribution in [0, 0.1) is 5.92 Å². The van der Waals surface area contributed by atoms with E-state index < -0.39 is 0 Å². The van der Waals surface area contributed by atoms with Crippen LogP contribution in [0.1, 0.15) is 24.1 Å². The first kappa shape index (κ1) is 15.0. The molecule has 0 aromatic carbocycles. The number of carbonyl (C=O) groups excluding carboxylic acids is 1. The highest BCUT2D eigenvalue weighted by molar-refractivity contribution is 7.09. The maximum Gasteiger partial charge on any atom is 0.228 e. The molecule has 2 saturated heterocycles. The van der Waals surface area contributed by atoms with E-state index >= 15 is 0 Å². The first-order chi connectivity index (χ1) is 10.1. The van der Waals surface area contributed by atoms with Crippen LogP contribution in [0.15, 0.2) is 17.5 Å². The van der Waals surface area contributed by atoms with Gasteiger partial charge in [-0.25, -0.2) is 0 Å². The lowest BCUT2D eigenvalue weighted by atomic mass is 9.88. The maximum atomic E-state index is 12.9. The van der Waals surface area contributed by atoms with E-state index in [4.69, 9.17) is 4.74 Å². The summed E-state index contributed by atoms with van der Waals surface area (Å²) in [7, 11) is 4.10. The van der Waals surface area contributed by atoms with Crippen molar-refractivity contribution in [1.29, 1.82) is 0 Å². The monoisotopic (exact) mass is 308 g/mol. The Labute approximate surface area is 130 Å². The molecule has 0 aliphatic carbocycles. The number of fused-ring (bicyclic) bond motifs is 2. The van der Waals surface area contributed by atoms with Crippen molar-refractivity contribution in [1.82, 2.24) is 9.80 Å². The fraction of sp³-hybridized carbons (Fsp3) is 0.688. The van der Waals surface area contributed by atoms with Gasteiger partial charge in [0.15, 0.2) is 0 Å². The molecule has 3 atom stereocenters. The molecular weight excluding hydrogens is 284 g/mol. The summed E-state index contributed by atoms with van der Waals surface area (Å²) >= 11 is 1.72. The van der Waals surface area contributed by atoms with Gasteiger partial charge >= 0.3 is 0 Å². The number of nitrogens with zero attached hydrogens (tertiary/aromatic N) is 2. The average molecular weight is 308 g/mol. The van der Waals surface area contributed by atoms with Crippen LogP contribution in [0.2, 0.25) is 0 Å². The van der Waals surface area contributed by atoms with E-state index in [-0.39, 0.29) is 17.9 Å². The first-order valence-corrected chi connectivity index (χ1v) is 8.63. The Morgan fingerprint density at radius 2 is 2.24 bits per heavy atom. The molecule has 1 aromatic heterocycles. The lowest BCUT2D eigenvalue weighted by Crippen LogP contribution is -2.42. The summed E-state index contributed by atoms with van der Waals surface area (Å²) in [6.07, 6.45) is 3.62. The number of likely N-dealkylation sites (N-methyl/N-ethyl adjacent to an activating group) is 1. The Kier molecular flexibility index (Phi) is 4.62.